The van der Waals surface area contributed by atoms with Crippen LogP contribution in [0.25, 0.3) is 11.1 Å². The Labute approximate surface area is 138 Å². The fourth-order valence-corrected chi connectivity index (χ4v) is 3.28. The van der Waals surface area contributed by atoms with Crippen LogP contribution in [0.4, 0.5) is 5.69 Å². The molecule has 1 aliphatic rings. The molecule has 1 saturated heterocycles. The van der Waals surface area contributed by atoms with Crippen molar-refractivity contribution >= 4 is 11.6 Å². The van der Waals surface area contributed by atoms with Crippen molar-refractivity contribution in [3.05, 3.63) is 54.1 Å². The highest BCUT2D eigenvalue weighted by Gasteiger charge is 2.22. The molecule has 0 aliphatic carbocycles. The van der Waals surface area contributed by atoms with Crippen LogP contribution in [0.1, 0.15) is 31.7 Å². The lowest BCUT2D eigenvalue weighted by molar-refractivity contribution is -0.133. The molecular formula is C20H24N2O. The molecule has 0 unspecified atom stereocenters. The predicted octanol–water partition coefficient (Wildman–Crippen LogP) is 3.88. The van der Waals surface area contributed by atoms with Gasteiger partial charge in [0.1, 0.15) is 0 Å². The van der Waals surface area contributed by atoms with E-state index in [0.717, 1.165) is 41.8 Å². The molecule has 120 valence electrons. The highest BCUT2D eigenvalue weighted by Crippen LogP contribution is 2.23. The Morgan fingerprint density at radius 2 is 1.91 bits per heavy atom. The van der Waals surface area contributed by atoms with Gasteiger partial charge in [0.05, 0.1) is 6.42 Å². The second-order valence-electron chi connectivity index (χ2n) is 6.43. The maximum absolute atomic E-state index is 12.5. The summed E-state index contributed by atoms with van der Waals surface area (Å²) >= 11 is 0. The summed E-state index contributed by atoms with van der Waals surface area (Å²) in [6.07, 6.45) is 3.98. The number of rotatable bonds is 3. The molecule has 1 heterocycles. The molecule has 0 radical (unpaired) electrons. The summed E-state index contributed by atoms with van der Waals surface area (Å²) < 4.78 is 0. The summed E-state index contributed by atoms with van der Waals surface area (Å²) in [5, 5.41) is 0. The summed E-state index contributed by atoms with van der Waals surface area (Å²) in [6.45, 7) is 3.06. The van der Waals surface area contributed by atoms with Crippen LogP contribution in [-0.4, -0.2) is 23.4 Å². The Balaban J connectivity index is 1.69. The van der Waals surface area contributed by atoms with E-state index in [4.69, 9.17) is 5.73 Å². The van der Waals surface area contributed by atoms with E-state index < -0.39 is 0 Å². The first-order valence-corrected chi connectivity index (χ1v) is 8.38. The summed E-state index contributed by atoms with van der Waals surface area (Å²) in [6, 6.07) is 16.5. The fourth-order valence-electron chi connectivity index (χ4n) is 3.28. The number of nitrogen functional groups attached to an aromatic ring is 1. The Morgan fingerprint density at radius 1 is 1.13 bits per heavy atom. The zero-order chi connectivity index (χ0) is 16.2. The highest BCUT2D eigenvalue weighted by atomic mass is 16.2. The van der Waals surface area contributed by atoms with Gasteiger partial charge < -0.3 is 10.6 Å². The standard InChI is InChI=1S/C20H24N2O/c1-15-5-2-3-12-22(15)20(23)13-16-8-10-17(11-9-16)18-6-4-7-19(21)14-18/h4,6-11,14-15H,2-3,5,12-13,21H2,1H3/t15-/m0/s1. The topological polar surface area (TPSA) is 46.3 Å². The molecule has 3 nitrogen and oxygen atoms in total. The van der Waals surface area contributed by atoms with Gasteiger partial charge in [0.2, 0.25) is 5.91 Å². The number of benzene rings is 2. The molecule has 3 heteroatoms. The van der Waals surface area contributed by atoms with Crippen LogP contribution < -0.4 is 5.73 Å². The van der Waals surface area contributed by atoms with Crippen molar-refractivity contribution in [2.24, 2.45) is 0 Å². The van der Waals surface area contributed by atoms with Crippen molar-refractivity contribution in [3.8, 4) is 11.1 Å². The molecule has 2 aromatic rings. The molecule has 2 aromatic carbocycles. The number of carbonyl (C=O) groups excluding carboxylic acids is 1. The lowest BCUT2D eigenvalue weighted by Crippen LogP contribution is -2.42. The van der Waals surface area contributed by atoms with Crippen molar-refractivity contribution in [1.82, 2.24) is 4.90 Å². The van der Waals surface area contributed by atoms with Gasteiger partial charge >= 0.3 is 0 Å². The Bertz CT molecular complexity index is 678. The minimum absolute atomic E-state index is 0.244. The largest absolute Gasteiger partial charge is 0.399 e. The van der Waals surface area contributed by atoms with Crippen molar-refractivity contribution < 1.29 is 4.79 Å². The Kier molecular flexibility index (Phi) is 4.65. The van der Waals surface area contributed by atoms with E-state index >= 15 is 0 Å². The van der Waals surface area contributed by atoms with E-state index in [1.807, 2.05) is 41.3 Å². The van der Waals surface area contributed by atoms with Crippen molar-refractivity contribution in [2.75, 3.05) is 12.3 Å². The van der Waals surface area contributed by atoms with Gasteiger partial charge in [-0.3, -0.25) is 4.79 Å². The molecular weight excluding hydrogens is 284 g/mol. The van der Waals surface area contributed by atoms with Gasteiger partial charge in [0.25, 0.3) is 0 Å². The predicted molar refractivity (Wildman–Crippen MR) is 95.0 cm³/mol. The third kappa shape index (κ3) is 3.73. The number of likely N-dealkylation sites (tertiary alicyclic amines) is 1. The molecule has 2 N–H and O–H groups in total. The van der Waals surface area contributed by atoms with E-state index in [1.54, 1.807) is 0 Å². The maximum Gasteiger partial charge on any atom is 0.227 e. The van der Waals surface area contributed by atoms with Crippen LogP contribution >= 0.6 is 0 Å². The van der Waals surface area contributed by atoms with Gasteiger partial charge in [-0.15, -0.1) is 0 Å². The lowest BCUT2D eigenvalue weighted by atomic mass is 10.0. The molecule has 1 fully saturated rings. The van der Waals surface area contributed by atoms with Crippen molar-refractivity contribution in [3.63, 3.8) is 0 Å². The van der Waals surface area contributed by atoms with Gasteiger partial charge in [-0.2, -0.15) is 0 Å². The van der Waals surface area contributed by atoms with E-state index in [1.165, 1.54) is 6.42 Å². The summed E-state index contributed by atoms with van der Waals surface area (Å²) in [5.41, 5.74) is 9.90. The van der Waals surface area contributed by atoms with Gasteiger partial charge in [0, 0.05) is 18.3 Å². The van der Waals surface area contributed by atoms with Crippen molar-refractivity contribution in [1.29, 1.82) is 0 Å². The van der Waals surface area contributed by atoms with E-state index in [2.05, 4.69) is 19.1 Å². The first kappa shape index (κ1) is 15.6. The number of nitrogens with two attached hydrogens (primary N) is 1. The Hall–Kier alpha value is -2.29. The molecule has 3 rings (SSSR count). The van der Waals surface area contributed by atoms with E-state index in [-0.39, 0.29) is 5.91 Å². The minimum Gasteiger partial charge on any atom is -0.399 e. The van der Waals surface area contributed by atoms with Gasteiger partial charge in [-0.25, -0.2) is 0 Å². The molecule has 1 atom stereocenters. The number of hydrogen-bond donors (Lipinski definition) is 1. The van der Waals surface area contributed by atoms with Gasteiger partial charge in [-0.05, 0) is 55.0 Å². The van der Waals surface area contributed by atoms with E-state index in [9.17, 15) is 4.79 Å². The SMILES string of the molecule is C[C@H]1CCCCN1C(=O)Cc1ccc(-c2cccc(N)c2)cc1. The molecule has 0 bridgehead atoms. The zero-order valence-electron chi connectivity index (χ0n) is 13.7. The maximum atomic E-state index is 12.5. The lowest BCUT2D eigenvalue weighted by Gasteiger charge is -2.33. The van der Waals surface area contributed by atoms with E-state index in [0.29, 0.717) is 12.5 Å². The molecule has 0 saturated carbocycles. The normalized spacial score (nSPS) is 18.0. The molecule has 1 amide bonds. The van der Waals surface area contributed by atoms with Crippen LogP contribution in [0, 0.1) is 0 Å². The monoisotopic (exact) mass is 308 g/mol. The first-order valence-electron chi connectivity index (χ1n) is 8.38. The summed E-state index contributed by atoms with van der Waals surface area (Å²) in [7, 11) is 0. The number of piperidine rings is 1. The molecule has 1 aliphatic heterocycles. The highest BCUT2D eigenvalue weighted by molar-refractivity contribution is 5.79. The quantitative estimate of drug-likeness (QED) is 0.875. The van der Waals surface area contributed by atoms with Crippen LogP contribution in [0.5, 0.6) is 0 Å². The first-order chi connectivity index (χ1) is 11.1. The third-order valence-corrected chi connectivity index (χ3v) is 4.65. The number of nitrogens with zero attached hydrogens (tertiary/aromatic N) is 1. The second kappa shape index (κ2) is 6.86. The molecule has 0 spiro atoms. The van der Waals surface area contributed by atoms with Crippen LogP contribution in [0.3, 0.4) is 0 Å². The van der Waals surface area contributed by atoms with Crippen LogP contribution in [0.2, 0.25) is 0 Å². The number of amides is 1. The van der Waals surface area contributed by atoms with Gasteiger partial charge in [0.15, 0.2) is 0 Å². The zero-order valence-corrected chi connectivity index (χ0v) is 13.7. The average molecular weight is 308 g/mol. The molecule has 23 heavy (non-hydrogen) atoms. The average Bonchev–Trinajstić information content (AvgIpc) is 2.56. The van der Waals surface area contributed by atoms with Crippen molar-refractivity contribution in [2.45, 2.75) is 38.6 Å². The minimum atomic E-state index is 0.244. The summed E-state index contributed by atoms with van der Waals surface area (Å²) in [4.78, 5) is 14.5. The third-order valence-electron chi connectivity index (χ3n) is 4.65. The number of hydrogen-bond acceptors (Lipinski definition) is 2. The van der Waals surface area contributed by atoms with Gasteiger partial charge in [-0.1, -0.05) is 36.4 Å². The van der Waals surface area contributed by atoms with Crippen LogP contribution in [-0.2, 0) is 11.2 Å². The van der Waals surface area contributed by atoms with Crippen LogP contribution in [0.15, 0.2) is 48.5 Å². The Morgan fingerprint density at radius 3 is 2.61 bits per heavy atom. The number of anilines is 1. The second-order valence-corrected chi connectivity index (χ2v) is 6.43. The number of carbonyl (C=O) groups is 1. The summed E-state index contributed by atoms with van der Waals surface area (Å²) in [5.74, 6) is 0.244. The smallest absolute Gasteiger partial charge is 0.227 e. The fraction of sp³-hybridized carbons (Fsp3) is 0.350. The molecule has 0 aromatic heterocycles.